The molecule has 0 saturated carbocycles. The molecule has 1 aliphatic heterocycles. The Kier molecular flexibility index (Phi) is 5.18. The van der Waals surface area contributed by atoms with Crippen molar-refractivity contribution in [3.05, 3.63) is 48.5 Å². The summed E-state index contributed by atoms with van der Waals surface area (Å²) in [6.07, 6.45) is 1.04. The highest BCUT2D eigenvalue weighted by molar-refractivity contribution is 7.12. The Bertz CT molecular complexity index is 938. The topological polar surface area (TPSA) is 98.5 Å². The third kappa shape index (κ3) is 3.48. The predicted octanol–water partition coefficient (Wildman–Crippen LogP) is 4.13. The Morgan fingerprint density at radius 1 is 1.39 bits per heavy atom. The number of thiophene rings is 1. The minimum absolute atomic E-state index is 0.00475. The van der Waals surface area contributed by atoms with Gasteiger partial charge in [0.1, 0.15) is 0 Å². The highest BCUT2D eigenvalue weighted by Gasteiger charge is 2.44. The lowest BCUT2D eigenvalue weighted by molar-refractivity contribution is -0.385. The largest absolute Gasteiger partial charge is 0.463 e. The molecule has 0 bridgehead atoms. The SMILES string of the molecule is CCOC(=O)C1=C(C)NC2=C(C(=O)CC(C)(C)C2)[C@H]1c1cc([N+](=O)[O-])c(C)s1. The van der Waals surface area contributed by atoms with Crippen molar-refractivity contribution in [1.82, 2.24) is 5.32 Å². The van der Waals surface area contributed by atoms with Crippen LogP contribution in [0, 0.1) is 22.5 Å². The zero-order chi connectivity index (χ0) is 20.8. The number of dihydropyridines is 1. The van der Waals surface area contributed by atoms with E-state index in [0.717, 1.165) is 5.70 Å². The van der Waals surface area contributed by atoms with Crippen LogP contribution in [0.25, 0.3) is 0 Å². The predicted molar refractivity (Wildman–Crippen MR) is 106 cm³/mol. The van der Waals surface area contributed by atoms with E-state index in [1.54, 1.807) is 20.8 Å². The molecule has 150 valence electrons. The van der Waals surface area contributed by atoms with Crippen LogP contribution in [-0.4, -0.2) is 23.3 Å². The van der Waals surface area contributed by atoms with Crippen molar-refractivity contribution in [2.75, 3.05) is 6.61 Å². The smallest absolute Gasteiger partial charge is 0.336 e. The average molecular weight is 404 g/mol. The summed E-state index contributed by atoms with van der Waals surface area (Å²) in [4.78, 5) is 37.9. The molecule has 3 rings (SSSR count). The van der Waals surface area contributed by atoms with Gasteiger partial charge in [-0.15, -0.1) is 11.3 Å². The number of carbonyl (C=O) groups is 2. The first-order chi connectivity index (χ1) is 13.1. The van der Waals surface area contributed by atoms with Gasteiger partial charge in [0.05, 0.1) is 27.9 Å². The molecule has 0 saturated heterocycles. The number of hydrogen-bond donors (Lipinski definition) is 1. The fraction of sp³-hybridized carbons (Fsp3) is 0.500. The number of nitrogens with zero attached hydrogens (tertiary/aromatic N) is 1. The van der Waals surface area contributed by atoms with Crippen LogP contribution in [0.3, 0.4) is 0 Å². The van der Waals surface area contributed by atoms with Crippen LogP contribution in [0.4, 0.5) is 5.69 Å². The van der Waals surface area contributed by atoms with Gasteiger partial charge in [-0.25, -0.2) is 4.79 Å². The van der Waals surface area contributed by atoms with E-state index in [1.807, 2.05) is 13.8 Å². The minimum atomic E-state index is -0.642. The van der Waals surface area contributed by atoms with Gasteiger partial charge in [-0.1, -0.05) is 13.8 Å². The lowest BCUT2D eigenvalue weighted by Crippen LogP contribution is -2.38. The quantitative estimate of drug-likeness (QED) is 0.460. The van der Waals surface area contributed by atoms with E-state index in [0.29, 0.717) is 39.4 Å². The second-order valence-electron chi connectivity index (χ2n) is 8.00. The van der Waals surface area contributed by atoms with Crippen LogP contribution in [0.15, 0.2) is 28.6 Å². The van der Waals surface area contributed by atoms with Crippen molar-refractivity contribution in [1.29, 1.82) is 0 Å². The lowest BCUT2D eigenvalue weighted by Gasteiger charge is -2.39. The molecule has 2 heterocycles. The molecule has 0 radical (unpaired) electrons. The van der Waals surface area contributed by atoms with Crippen molar-refractivity contribution >= 4 is 28.8 Å². The number of rotatable bonds is 4. The van der Waals surface area contributed by atoms with Crippen molar-refractivity contribution in [2.45, 2.75) is 53.4 Å². The van der Waals surface area contributed by atoms with Crippen LogP contribution in [0.5, 0.6) is 0 Å². The van der Waals surface area contributed by atoms with Gasteiger partial charge >= 0.3 is 5.97 Å². The van der Waals surface area contributed by atoms with Crippen molar-refractivity contribution in [2.24, 2.45) is 5.41 Å². The molecule has 8 heteroatoms. The minimum Gasteiger partial charge on any atom is -0.463 e. The number of ether oxygens (including phenoxy) is 1. The number of ketones is 1. The summed E-state index contributed by atoms with van der Waals surface area (Å²) >= 11 is 1.25. The van der Waals surface area contributed by atoms with Crippen LogP contribution in [0.1, 0.15) is 56.2 Å². The molecule has 7 nitrogen and oxygen atoms in total. The van der Waals surface area contributed by atoms with Gasteiger partial charge < -0.3 is 10.1 Å². The molecule has 1 aromatic heterocycles. The van der Waals surface area contributed by atoms with Gasteiger partial charge in [0.25, 0.3) is 5.69 Å². The van der Waals surface area contributed by atoms with Crippen molar-refractivity contribution in [3.63, 3.8) is 0 Å². The van der Waals surface area contributed by atoms with Gasteiger partial charge in [0.15, 0.2) is 5.78 Å². The normalized spacial score (nSPS) is 21.3. The monoisotopic (exact) mass is 404 g/mol. The zero-order valence-electron chi connectivity index (χ0n) is 16.7. The molecule has 2 aliphatic rings. The standard InChI is InChI=1S/C20H24N2O5S/c1-6-27-19(24)16-10(2)21-12-8-20(4,5)9-14(23)17(12)18(16)15-7-13(22(25)26)11(3)28-15/h7,18,21H,6,8-9H2,1-5H3/t18-/m0/s1. The molecule has 0 amide bonds. The maximum Gasteiger partial charge on any atom is 0.336 e. The third-order valence-corrected chi connectivity index (χ3v) is 6.23. The Labute approximate surface area is 167 Å². The summed E-state index contributed by atoms with van der Waals surface area (Å²) in [6.45, 7) is 9.45. The van der Waals surface area contributed by atoms with Gasteiger partial charge in [-0.3, -0.25) is 14.9 Å². The number of nitro groups is 1. The number of aryl methyl sites for hydroxylation is 1. The molecule has 0 aromatic carbocycles. The Balaban J connectivity index is 2.21. The highest BCUT2D eigenvalue weighted by atomic mass is 32.1. The van der Waals surface area contributed by atoms with Crippen molar-refractivity contribution < 1.29 is 19.2 Å². The molecular weight excluding hydrogens is 380 g/mol. The van der Waals surface area contributed by atoms with Gasteiger partial charge in [0.2, 0.25) is 0 Å². The van der Waals surface area contributed by atoms with Gasteiger partial charge in [0, 0.05) is 34.3 Å². The van der Waals surface area contributed by atoms with Crippen LogP contribution >= 0.6 is 11.3 Å². The molecule has 1 atom stereocenters. The highest BCUT2D eigenvalue weighted by Crippen LogP contribution is 2.49. The molecule has 0 spiro atoms. The Morgan fingerprint density at radius 2 is 2.07 bits per heavy atom. The summed E-state index contributed by atoms with van der Waals surface area (Å²) in [6, 6.07) is 1.49. The van der Waals surface area contributed by atoms with E-state index in [1.165, 1.54) is 17.4 Å². The average Bonchev–Trinajstić information content (AvgIpc) is 2.94. The van der Waals surface area contributed by atoms with Crippen molar-refractivity contribution in [3.8, 4) is 0 Å². The molecular formula is C20H24N2O5S. The molecule has 1 N–H and O–H groups in total. The maximum atomic E-state index is 13.1. The van der Waals surface area contributed by atoms with Gasteiger partial charge in [-0.2, -0.15) is 0 Å². The second-order valence-corrected chi connectivity index (χ2v) is 9.29. The lowest BCUT2D eigenvalue weighted by atomic mass is 9.70. The van der Waals surface area contributed by atoms with E-state index in [9.17, 15) is 19.7 Å². The number of hydrogen-bond acceptors (Lipinski definition) is 7. The molecule has 0 fully saturated rings. The number of Topliss-reactive ketones (excluding diaryl/α,β-unsaturated/α-hetero) is 1. The van der Waals surface area contributed by atoms with E-state index in [2.05, 4.69) is 5.32 Å². The summed E-state index contributed by atoms with van der Waals surface area (Å²) < 4.78 is 5.24. The number of carbonyl (C=O) groups excluding carboxylic acids is 2. The summed E-state index contributed by atoms with van der Waals surface area (Å²) in [5, 5.41) is 14.6. The molecule has 28 heavy (non-hydrogen) atoms. The molecule has 1 aliphatic carbocycles. The Hall–Kier alpha value is -2.48. The summed E-state index contributed by atoms with van der Waals surface area (Å²) in [5.41, 5.74) is 2.12. The first-order valence-corrected chi connectivity index (χ1v) is 10.0. The van der Waals surface area contributed by atoms with E-state index in [-0.39, 0.29) is 23.5 Å². The van der Waals surface area contributed by atoms with Crippen LogP contribution in [0.2, 0.25) is 0 Å². The fourth-order valence-electron chi connectivity index (χ4n) is 4.02. The third-order valence-electron chi connectivity index (χ3n) is 5.13. The first-order valence-electron chi connectivity index (χ1n) is 9.21. The molecule has 1 aromatic rings. The first kappa shape index (κ1) is 20.3. The number of nitrogens with one attached hydrogen (secondary N) is 1. The number of esters is 1. The summed E-state index contributed by atoms with van der Waals surface area (Å²) in [5.74, 6) is -1.18. The number of allylic oxidation sites excluding steroid dienone is 3. The zero-order valence-corrected chi connectivity index (χ0v) is 17.5. The van der Waals surface area contributed by atoms with Crippen LogP contribution < -0.4 is 5.32 Å². The van der Waals surface area contributed by atoms with Crippen LogP contribution in [-0.2, 0) is 14.3 Å². The Morgan fingerprint density at radius 3 is 2.64 bits per heavy atom. The van der Waals surface area contributed by atoms with E-state index in [4.69, 9.17) is 4.74 Å². The van der Waals surface area contributed by atoms with E-state index < -0.39 is 16.8 Å². The molecule has 0 unspecified atom stereocenters. The maximum absolute atomic E-state index is 13.1. The second kappa shape index (κ2) is 7.16. The van der Waals surface area contributed by atoms with Gasteiger partial charge in [-0.05, 0) is 32.6 Å². The van der Waals surface area contributed by atoms with E-state index >= 15 is 0 Å². The fourth-order valence-corrected chi connectivity index (χ4v) is 5.13. The summed E-state index contributed by atoms with van der Waals surface area (Å²) in [7, 11) is 0.